The molecule has 0 heterocycles. The molecule has 0 aromatic heterocycles. The van der Waals surface area contributed by atoms with E-state index in [1.165, 1.54) is 12.1 Å². The first-order valence-electron chi connectivity index (χ1n) is 12.0. The molecular formula is C28H29ClN2O5S. The van der Waals surface area contributed by atoms with Crippen molar-refractivity contribution in [1.29, 1.82) is 0 Å². The van der Waals surface area contributed by atoms with Crippen molar-refractivity contribution in [2.24, 2.45) is 0 Å². The van der Waals surface area contributed by atoms with Crippen LogP contribution in [0, 0.1) is 6.92 Å². The van der Waals surface area contributed by atoms with E-state index in [0.717, 1.165) is 28.3 Å². The summed E-state index contributed by atoms with van der Waals surface area (Å²) in [6, 6.07) is 20.4. The number of ether oxygens (including phenoxy) is 1. The fourth-order valence-corrected chi connectivity index (χ4v) is 5.63. The summed E-state index contributed by atoms with van der Waals surface area (Å²) in [5, 5.41) is 3.31. The summed E-state index contributed by atoms with van der Waals surface area (Å²) in [6.45, 7) is 3.60. The first kappa shape index (κ1) is 26.9. The maximum atomic E-state index is 13.5. The summed E-state index contributed by atoms with van der Waals surface area (Å²) in [5.41, 5.74) is 2.38. The molecule has 194 valence electrons. The minimum absolute atomic E-state index is 0.00178. The van der Waals surface area contributed by atoms with Crippen molar-refractivity contribution < 1.29 is 22.7 Å². The van der Waals surface area contributed by atoms with Crippen LogP contribution in [-0.4, -0.2) is 37.8 Å². The zero-order valence-electron chi connectivity index (χ0n) is 20.7. The van der Waals surface area contributed by atoms with Crippen LogP contribution in [0.3, 0.4) is 0 Å². The van der Waals surface area contributed by atoms with E-state index in [0.29, 0.717) is 22.9 Å². The topological polar surface area (TPSA) is 92.8 Å². The molecule has 3 aromatic rings. The van der Waals surface area contributed by atoms with Gasteiger partial charge >= 0.3 is 5.97 Å². The average Bonchev–Trinajstić information content (AvgIpc) is 3.68. The molecule has 1 N–H and O–H groups in total. The Labute approximate surface area is 222 Å². The number of benzene rings is 3. The molecule has 0 spiro atoms. The van der Waals surface area contributed by atoms with Crippen LogP contribution >= 0.6 is 11.6 Å². The van der Waals surface area contributed by atoms with Gasteiger partial charge in [-0.1, -0.05) is 53.6 Å². The molecule has 1 amide bonds. The van der Waals surface area contributed by atoms with Gasteiger partial charge in [0.2, 0.25) is 15.9 Å². The molecule has 9 heteroatoms. The molecule has 1 fully saturated rings. The van der Waals surface area contributed by atoms with Gasteiger partial charge in [0.15, 0.2) is 0 Å². The lowest BCUT2D eigenvalue weighted by Gasteiger charge is -2.22. The van der Waals surface area contributed by atoms with E-state index in [4.69, 9.17) is 16.3 Å². The minimum atomic E-state index is -3.96. The number of sulfonamides is 1. The smallest absolute Gasteiger partial charge is 0.316 e. The molecular weight excluding hydrogens is 512 g/mol. The fraction of sp³-hybridized carbons (Fsp3) is 0.286. The molecule has 0 aliphatic heterocycles. The van der Waals surface area contributed by atoms with Gasteiger partial charge in [0, 0.05) is 17.3 Å². The minimum Gasteiger partial charge on any atom is -0.465 e. The predicted octanol–water partition coefficient (Wildman–Crippen LogP) is 5.07. The van der Waals surface area contributed by atoms with E-state index in [1.807, 2.05) is 6.92 Å². The highest BCUT2D eigenvalue weighted by Gasteiger charge is 2.52. The Balaban J connectivity index is 1.51. The average molecular weight is 541 g/mol. The van der Waals surface area contributed by atoms with E-state index in [-0.39, 0.29) is 24.0 Å². The van der Waals surface area contributed by atoms with E-state index in [9.17, 15) is 18.0 Å². The number of rotatable bonds is 10. The molecule has 1 aliphatic rings. The third-order valence-corrected chi connectivity index (χ3v) is 8.45. The van der Waals surface area contributed by atoms with Gasteiger partial charge < -0.3 is 10.1 Å². The number of halogens is 1. The van der Waals surface area contributed by atoms with Crippen LogP contribution in [0.1, 0.15) is 36.5 Å². The Morgan fingerprint density at radius 2 is 1.59 bits per heavy atom. The summed E-state index contributed by atoms with van der Waals surface area (Å²) < 4.78 is 33.3. The number of hydrogen-bond donors (Lipinski definition) is 1. The second-order valence-electron chi connectivity index (χ2n) is 9.14. The number of nitrogens with zero attached hydrogens (tertiary/aromatic N) is 1. The quantitative estimate of drug-likeness (QED) is 0.362. The van der Waals surface area contributed by atoms with Crippen molar-refractivity contribution in [2.75, 3.05) is 18.5 Å². The fourth-order valence-electron chi connectivity index (χ4n) is 4.12. The highest BCUT2D eigenvalue weighted by molar-refractivity contribution is 7.89. The maximum absolute atomic E-state index is 13.5. The molecule has 7 nitrogen and oxygen atoms in total. The largest absolute Gasteiger partial charge is 0.465 e. The Morgan fingerprint density at radius 3 is 2.16 bits per heavy atom. The first-order valence-corrected chi connectivity index (χ1v) is 13.8. The number of carbonyl (C=O) groups is 2. The van der Waals surface area contributed by atoms with Crippen LogP contribution in [0.5, 0.6) is 0 Å². The summed E-state index contributed by atoms with van der Waals surface area (Å²) in [6.07, 6.45) is 1.46. The van der Waals surface area contributed by atoms with Gasteiger partial charge in [-0.05, 0) is 74.2 Å². The van der Waals surface area contributed by atoms with E-state index in [2.05, 4.69) is 5.32 Å². The molecule has 1 aliphatic carbocycles. The van der Waals surface area contributed by atoms with Crippen LogP contribution in [0.2, 0.25) is 5.02 Å². The van der Waals surface area contributed by atoms with Crippen LogP contribution in [0.25, 0.3) is 0 Å². The highest BCUT2D eigenvalue weighted by Crippen LogP contribution is 2.49. The molecule has 0 atom stereocenters. The molecule has 37 heavy (non-hydrogen) atoms. The molecule has 0 unspecified atom stereocenters. The Kier molecular flexibility index (Phi) is 8.02. The van der Waals surface area contributed by atoms with Gasteiger partial charge in [-0.3, -0.25) is 9.59 Å². The van der Waals surface area contributed by atoms with Gasteiger partial charge in [0.05, 0.1) is 23.5 Å². The molecule has 0 saturated heterocycles. The van der Waals surface area contributed by atoms with Crippen LogP contribution in [-0.2, 0) is 36.3 Å². The lowest BCUT2D eigenvalue weighted by molar-refractivity contribution is -0.146. The van der Waals surface area contributed by atoms with Crippen LogP contribution in [0.4, 0.5) is 5.69 Å². The van der Waals surface area contributed by atoms with Gasteiger partial charge in [0.1, 0.15) is 0 Å². The van der Waals surface area contributed by atoms with Gasteiger partial charge in [-0.15, -0.1) is 0 Å². The normalized spacial score (nSPS) is 14.3. The van der Waals surface area contributed by atoms with Gasteiger partial charge in [-0.2, -0.15) is 4.31 Å². The molecule has 0 radical (unpaired) electrons. The number of hydrogen-bond acceptors (Lipinski definition) is 5. The number of amides is 1. The Hall–Kier alpha value is -3.20. The number of anilines is 1. The van der Waals surface area contributed by atoms with E-state index < -0.39 is 21.3 Å². The van der Waals surface area contributed by atoms with Crippen molar-refractivity contribution in [3.8, 4) is 0 Å². The monoisotopic (exact) mass is 540 g/mol. The number of carbonyl (C=O) groups excluding carboxylic acids is 2. The van der Waals surface area contributed by atoms with Gasteiger partial charge in [0.25, 0.3) is 0 Å². The highest BCUT2D eigenvalue weighted by atomic mass is 35.5. The summed E-state index contributed by atoms with van der Waals surface area (Å²) >= 11 is 5.98. The second kappa shape index (κ2) is 11.0. The Morgan fingerprint density at radius 1 is 0.973 bits per heavy atom. The van der Waals surface area contributed by atoms with E-state index in [1.54, 1.807) is 67.6 Å². The third kappa shape index (κ3) is 6.21. The zero-order valence-corrected chi connectivity index (χ0v) is 22.3. The molecule has 0 bridgehead atoms. The number of nitrogens with one attached hydrogen (secondary N) is 1. The summed E-state index contributed by atoms with van der Waals surface area (Å²) in [5.74, 6) is -0.713. The van der Waals surface area contributed by atoms with Crippen molar-refractivity contribution in [2.45, 2.75) is 43.5 Å². The summed E-state index contributed by atoms with van der Waals surface area (Å²) in [4.78, 5) is 25.4. The maximum Gasteiger partial charge on any atom is 0.316 e. The van der Waals surface area contributed by atoms with Crippen molar-refractivity contribution >= 4 is 39.2 Å². The second-order valence-corrected chi connectivity index (χ2v) is 11.5. The van der Waals surface area contributed by atoms with Gasteiger partial charge in [-0.25, -0.2) is 8.42 Å². The SMILES string of the molecule is CCOC(=O)C1(c2ccc(NC(=O)CN(Cc3ccc(Cl)cc3)S(=O)(=O)c3ccc(C)cc3)cc2)CC1. The predicted molar refractivity (Wildman–Crippen MR) is 143 cm³/mol. The standard InChI is InChI=1S/C28H29ClN2O5S/c1-3-36-27(33)28(16-17-28)22-8-12-24(13-9-22)30-26(32)19-31(18-21-6-10-23(29)11-7-21)37(34,35)25-14-4-20(2)5-15-25/h4-15H,3,16-19H2,1-2H3,(H,30,32). The lowest BCUT2D eigenvalue weighted by atomic mass is 9.96. The third-order valence-electron chi connectivity index (χ3n) is 6.39. The van der Waals surface area contributed by atoms with Crippen molar-refractivity contribution in [3.63, 3.8) is 0 Å². The lowest BCUT2D eigenvalue weighted by Crippen LogP contribution is -2.37. The zero-order chi connectivity index (χ0) is 26.6. The first-order chi connectivity index (χ1) is 17.6. The van der Waals surface area contributed by atoms with Crippen LogP contribution < -0.4 is 5.32 Å². The van der Waals surface area contributed by atoms with Crippen molar-refractivity contribution in [1.82, 2.24) is 4.31 Å². The van der Waals surface area contributed by atoms with Crippen molar-refractivity contribution in [3.05, 3.63) is 94.5 Å². The van der Waals surface area contributed by atoms with Crippen LogP contribution in [0.15, 0.2) is 77.7 Å². The summed E-state index contributed by atoms with van der Waals surface area (Å²) in [7, 11) is -3.96. The number of esters is 1. The molecule has 1 saturated carbocycles. The van der Waals surface area contributed by atoms with E-state index >= 15 is 0 Å². The molecule has 4 rings (SSSR count). The molecule has 3 aromatic carbocycles. The number of aryl methyl sites for hydroxylation is 1. The Bertz CT molecular complexity index is 1370.